The van der Waals surface area contributed by atoms with Crippen molar-refractivity contribution in [3.8, 4) is 6.07 Å². The lowest BCUT2D eigenvalue weighted by atomic mass is 10.1. The first-order valence-electron chi connectivity index (χ1n) is 9.45. The molecular formula is C20H25FN6O. The Labute approximate surface area is 164 Å². The van der Waals surface area contributed by atoms with Crippen LogP contribution < -0.4 is 5.32 Å². The Morgan fingerprint density at radius 2 is 2.11 bits per heavy atom. The number of nitrogens with one attached hydrogen (secondary N) is 1. The second kappa shape index (κ2) is 9.33. The molecule has 0 saturated carbocycles. The number of guanidine groups is 1. The Morgan fingerprint density at radius 3 is 2.75 bits per heavy atom. The maximum Gasteiger partial charge on any atom is 0.194 e. The minimum atomic E-state index is -0.341. The van der Waals surface area contributed by atoms with Gasteiger partial charge in [-0.3, -0.25) is 4.90 Å². The van der Waals surface area contributed by atoms with Crippen molar-refractivity contribution in [3.63, 3.8) is 0 Å². The zero-order valence-corrected chi connectivity index (χ0v) is 16.3. The maximum absolute atomic E-state index is 14.0. The number of benzene rings is 1. The van der Waals surface area contributed by atoms with Crippen molar-refractivity contribution in [1.29, 1.82) is 5.26 Å². The van der Waals surface area contributed by atoms with E-state index in [1.807, 2.05) is 26.0 Å². The predicted octanol–water partition coefficient (Wildman–Crippen LogP) is 2.28. The molecule has 2 aromatic rings. The first-order valence-corrected chi connectivity index (χ1v) is 9.45. The van der Waals surface area contributed by atoms with E-state index in [4.69, 9.17) is 9.78 Å². The summed E-state index contributed by atoms with van der Waals surface area (Å²) in [4.78, 5) is 9.10. The minimum Gasteiger partial charge on any atom is -0.361 e. The predicted molar refractivity (Wildman–Crippen MR) is 104 cm³/mol. The molecule has 1 aromatic carbocycles. The normalized spacial score (nSPS) is 15.5. The Hall–Kier alpha value is -2.92. The van der Waals surface area contributed by atoms with Gasteiger partial charge < -0.3 is 14.7 Å². The lowest BCUT2D eigenvalue weighted by molar-refractivity contribution is 0.169. The summed E-state index contributed by atoms with van der Waals surface area (Å²) in [5, 5.41) is 16.3. The van der Waals surface area contributed by atoms with Crippen molar-refractivity contribution in [2.45, 2.75) is 26.9 Å². The van der Waals surface area contributed by atoms with Crippen LogP contribution in [0.4, 0.5) is 4.39 Å². The number of halogens is 1. The number of hydrogen-bond donors (Lipinski definition) is 1. The summed E-state index contributed by atoms with van der Waals surface area (Å²) in [5.41, 5.74) is 1.81. The van der Waals surface area contributed by atoms with Crippen molar-refractivity contribution in [2.75, 3.05) is 32.7 Å². The Balaban J connectivity index is 1.61. The van der Waals surface area contributed by atoms with Crippen LogP contribution in [0.2, 0.25) is 0 Å². The van der Waals surface area contributed by atoms with Crippen LogP contribution in [0.3, 0.4) is 0 Å². The first kappa shape index (κ1) is 19.8. The smallest absolute Gasteiger partial charge is 0.194 e. The first-order chi connectivity index (χ1) is 13.6. The van der Waals surface area contributed by atoms with Crippen molar-refractivity contribution in [2.24, 2.45) is 4.99 Å². The molecule has 1 fully saturated rings. The van der Waals surface area contributed by atoms with Gasteiger partial charge in [-0.15, -0.1) is 0 Å². The summed E-state index contributed by atoms with van der Waals surface area (Å²) in [6, 6.07) is 8.35. The molecule has 148 valence electrons. The van der Waals surface area contributed by atoms with E-state index in [2.05, 4.69) is 25.3 Å². The van der Waals surface area contributed by atoms with E-state index >= 15 is 0 Å². The highest BCUT2D eigenvalue weighted by atomic mass is 19.1. The summed E-state index contributed by atoms with van der Waals surface area (Å²) >= 11 is 0. The fourth-order valence-corrected chi connectivity index (χ4v) is 3.19. The average Bonchev–Trinajstić information content (AvgIpc) is 3.11. The van der Waals surface area contributed by atoms with Gasteiger partial charge in [0, 0.05) is 50.9 Å². The summed E-state index contributed by atoms with van der Waals surface area (Å²) in [6.45, 7) is 9.01. The van der Waals surface area contributed by atoms with Crippen molar-refractivity contribution in [1.82, 2.24) is 20.3 Å². The van der Waals surface area contributed by atoms with Crippen LogP contribution >= 0.6 is 0 Å². The van der Waals surface area contributed by atoms with Gasteiger partial charge in [-0.25, -0.2) is 9.38 Å². The molecule has 28 heavy (non-hydrogen) atoms. The molecule has 3 rings (SSSR count). The number of hydrogen-bond acceptors (Lipinski definition) is 5. The highest BCUT2D eigenvalue weighted by molar-refractivity contribution is 5.80. The quantitative estimate of drug-likeness (QED) is 0.629. The minimum absolute atomic E-state index is 0.197. The molecule has 0 bridgehead atoms. The number of aryl methyl sites for hydroxylation is 1. The molecule has 0 aliphatic carbocycles. The number of aliphatic imine (C=N–C) groups is 1. The lowest BCUT2D eigenvalue weighted by Crippen LogP contribution is -2.52. The van der Waals surface area contributed by atoms with Gasteiger partial charge in [0.2, 0.25) is 0 Å². The number of rotatable bonds is 5. The molecule has 1 aliphatic rings. The average molecular weight is 384 g/mol. The van der Waals surface area contributed by atoms with E-state index in [9.17, 15) is 4.39 Å². The summed E-state index contributed by atoms with van der Waals surface area (Å²) in [5.74, 6) is 1.25. The number of piperazine rings is 1. The molecule has 0 radical (unpaired) electrons. The van der Waals surface area contributed by atoms with Gasteiger partial charge in [-0.1, -0.05) is 5.16 Å². The summed E-state index contributed by atoms with van der Waals surface area (Å²) in [7, 11) is 0. The van der Waals surface area contributed by atoms with E-state index in [-0.39, 0.29) is 12.4 Å². The SMILES string of the molecule is CCNC(=NCc1cc(C#N)ccc1F)N1CCN(Cc2cc(C)on2)CC1. The zero-order valence-electron chi connectivity index (χ0n) is 16.3. The highest BCUT2D eigenvalue weighted by Gasteiger charge is 2.20. The largest absolute Gasteiger partial charge is 0.361 e. The molecule has 1 aliphatic heterocycles. The van der Waals surface area contributed by atoms with E-state index in [1.165, 1.54) is 12.1 Å². The third kappa shape index (κ3) is 5.08. The molecule has 0 unspecified atom stereocenters. The fourth-order valence-electron chi connectivity index (χ4n) is 3.19. The van der Waals surface area contributed by atoms with Gasteiger partial charge in [0.15, 0.2) is 5.96 Å². The van der Waals surface area contributed by atoms with Crippen LogP contribution in [0.1, 0.15) is 29.5 Å². The van der Waals surface area contributed by atoms with Crippen LogP contribution in [0.25, 0.3) is 0 Å². The van der Waals surface area contributed by atoms with Crippen molar-refractivity contribution >= 4 is 5.96 Å². The molecule has 1 N–H and O–H groups in total. The highest BCUT2D eigenvalue weighted by Crippen LogP contribution is 2.13. The van der Waals surface area contributed by atoms with Gasteiger partial charge in [0.25, 0.3) is 0 Å². The number of aromatic nitrogens is 1. The molecular weight excluding hydrogens is 359 g/mol. The molecule has 2 heterocycles. The molecule has 7 nitrogen and oxygen atoms in total. The van der Waals surface area contributed by atoms with Gasteiger partial charge in [-0.2, -0.15) is 5.26 Å². The van der Waals surface area contributed by atoms with Crippen LogP contribution in [0, 0.1) is 24.1 Å². The van der Waals surface area contributed by atoms with E-state index in [1.54, 1.807) is 6.07 Å². The topological polar surface area (TPSA) is 80.7 Å². The second-order valence-corrected chi connectivity index (χ2v) is 6.78. The molecule has 1 saturated heterocycles. The third-order valence-electron chi connectivity index (χ3n) is 4.64. The second-order valence-electron chi connectivity index (χ2n) is 6.78. The summed E-state index contributed by atoms with van der Waals surface area (Å²) < 4.78 is 19.1. The van der Waals surface area contributed by atoms with Crippen LogP contribution in [0.5, 0.6) is 0 Å². The molecule has 8 heteroatoms. The lowest BCUT2D eigenvalue weighted by Gasteiger charge is -2.36. The molecule has 0 atom stereocenters. The number of nitriles is 1. The van der Waals surface area contributed by atoms with Gasteiger partial charge in [0.1, 0.15) is 11.6 Å². The van der Waals surface area contributed by atoms with Gasteiger partial charge >= 0.3 is 0 Å². The van der Waals surface area contributed by atoms with Gasteiger partial charge in [0.05, 0.1) is 23.9 Å². The zero-order chi connectivity index (χ0) is 19.9. The number of nitrogens with zero attached hydrogens (tertiary/aromatic N) is 5. The van der Waals surface area contributed by atoms with Crippen molar-refractivity contribution < 1.29 is 8.91 Å². The summed E-state index contributed by atoms with van der Waals surface area (Å²) in [6.07, 6.45) is 0. The van der Waals surface area contributed by atoms with Gasteiger partial charge in [-0.05, 0) is 32.0 Å². The van der Waals surface area contributed by atoms with Crippen LogP contribution in [-0.2, 0) is 13.1 Å². The van der Waals surface area contributed by atoms with E-state index < -0.39 is 0 Å². The van der Waals surface area contributed by atoms with Crippen LogP contribution in [-0.4, -0.2) is 53.6 Å². The monoisotopic (exact) mass is 384 g/mol. The molecule has 0 spiro atoms. The van der Waals surface area contributed by atoms with Crippen LogP contribution in [0.15, 0.2) is 33.8 Å². The van der Waals surface area contributed by atoms with E-state index in [0.717, 1.165) is 56.7 Å². The molecule has 0 amide bonds. The van der Waals surface area contributed by atoms with E-state index in [0.29, 0.717) is 11.1 Å². The molecule has 1 aromatic heterocycles. The Morgan fingerprint density at radius 1 is 1.32 bits per heavy atom. The third-order valence-corrected chi connectivity index (χ3v) is 4.64. The maximum atomic E-state index is 14.0. The standard InChI is InChI=1S/C20H25FN6O/c1-3-23-20(24-13-17-11-16(12-22)4-5-19(17)21)27-8-6-26(7-9-27)14-18-10-15(2)28-25-18/h4-5,10-11H,3,6-9,13-14H2,1-2H3,(H,23,24). The Kier molecular flexibility index (Phi) is 6.61. The van der Waals surface area contributed by atoms with Crippen molar-refractivity contribution in [3.05, 3.63) is 52.7 Å². The fraction of sp³-hybridized carbons (Fsp3) is 0.450. The Bertz CT molecular complexity index is 864.